The Morgan fingerprint density at radius 3 is 2.18 bits per heavy atom. The molecule has 0 atom stereocenters. The smallest absolute Gasteiger partial charge is 0.337 e. The highest BCUT2D eigenvalue weighted by Crippen LogP contribution is 2.33. The van der Waals surface area contributed by atoms with Crippen LogP contribution in [-0.2, 0) is 14.9 Å². The van der Waals surface area contributed by atoms with Crippen LogP contribution in [-0.4, -0.2) is 35.8 Å². The molecule has 4 aromatic carbocycles. The Labute approximate surface area is 223 Å². The van der Waals surface area contributed by atoms with Crippen molar-refractivity contribution in [2.45, 2.75) is 4.90 Å². The van der Waals surface area contributed by atoms with Crippen LogP contribution >= 0.6 is 0 Å². The number of hydrogen-bond acceptors (Lipinski definition) is 6. The third-order valence-corrected chi connectivity index (χ3v) is 6.62. The summed E-state index contributed by atoms with van der Waals surface area (Å²) in [5, 5.41) is 9.80. The minimum Gasteiger partial charge on any atom is -0.478 e. The van der Waals surface area contributed by atoms with Gasteiger partial charge in [-0.2, -0.15) is 8.42 Å². The van der Waals surface area contributed by atoms with Gasteiger partial charge in [0.05, 0.1) is 16.1 Å². The zero-order chi connectivity index (χ0) is 27.6. The average Bonchev–Trinajstić information content (AvgIpc) is 3.24. The Hall–Kier alpha value is -5.06. The highest BCUT2D eigenvalue weighted by atomic mass is 32.2. The Kier molecular flexibility index (Phi) is 6.80. The highest BCUT2D eigenvalue weighted by molar-refractivity contribution is 7.85. The SMILES string of the molecule is O=C(O)c1ccc(S(=O)(=O)O)cc1N1C(=O)/C(=C/c2cccc(Oc3ccccc3)c2)N=C1c1ccccc1. The van der Waals surface area contributed by atoms with Crippen LogP contribution in [0.4, 0.5) is 5.69 Å². The molecule has 39 heavy (non-hydrogen) atoms. The van der Waals surface area contributed by atoms with Crippen LogP contribution in [0.5, 0.6) is 11.5 Å². The van der Waals surface area contributed by atoms with Crippen LogP contribution in [0.2, 0.25) is 0 Å². The molecule has 0 spiro atoms. The van der Waals surface area contributed by atoms with Gasteiger partial charge >= 0.3 is 5.97 Å². The van der Waals surface area contributed by atoms with Gasteiger partial charge in [0.2, 0.25) is 0 Å². The third-order valence-electron chi connectivity index (χ3n) is 5.77. The quantitative estimate of drug-likeness (QED) is 0.241. The number of nitrogens with zero attached hydrogens (tertiary/aromatic N) is 2. The second-order valence-corrected chi connectivity index (χ2v) is 9.84. The lowest BCUT2D eigenvalue weighted by molar-refractivity contribution is -0.113. The summed E-state index contributed by atoms with van der Waals surface area (Å²) in [7, 11) is -4.69. The molecule has 0 fully saturated rings. The fourth-order valence-electron chi connectivity index (χ4n) is 4.01. The summed E-state index contributed by atoms with van der Waals surface area (Å²) >= 11 is 0. The molecule has 1 heterocycles. The van der Waals surface area contributed by atoms with Gasteiger partial charge in [-0.05, 0) is 54.1 Å². The molecule has 1 amide bonds. The van der Waals surface area contributed by atoms with E-state index in [1.165, 1.54) is 6.08 Å². The van der Waals surface area contributed by atoms with Crippen molar-refractivity contribution in [2.24, 2.45) is 4.99 Å². The predicted octanol–water partition coefficient (Wildman–Crippen LogP) is 5.26. The number of aliphatic imine (C=N–C) groups is 1. The number of amidine groups is 1. The zero-order valence-corrected chi connectivity index (χ0v) is 20.9. The highest BCUT2D eigenvalue weighted by Gasteiger charge is 2.35. The Morgan fingerprint density at radius 1 is 0.846 bits per heavy atom. The van der Waals surface area contributed by atoms with Gasteiger partial charge in [-0.3, -0.25) is 14.2 Å². The molecule has 0 saturated heterocycles. The number of hydrogen-bond donors (Lipinski definition) is 2. The van der Waals surface area contributed by atoms with Crippen LogP contribution in [0, 0.1) is 0 Å². The van der Waals surface area contributed by atoms with E-state index in [1.807, 2.05) is 18.2 Å². The largest absolute Gasteiger partial charge is 0.478 e. The van der Waals surface area contributed by atoms with Gasteiger partial charge in [0.25, 0.3) is 16.0 Å². The summed E-state index contributed by atoms with van der Waals surface area (Å²) in [6.07, 6.45) is 1.52. The summed E-state index contributed by atoms with van der Waals surface area (Å²) in [4.78, 5) is 30.7. The van der Waals surface area contributed by atoms with Crippen LogP contribution in [0.25, 0.3) is 6.08 Å². The molecule has 1 aliphatic heterocycles. The molecule has 194 valence electrons. The van der Waals surface area contributed by atoms with Crippen molar-refractivity contribution in [1.29, 1.82) is 0 Å². The molecule has 0 unspecified atom stereocenters. The number of anilines is 1. The Balaban J connectivity index is 1.61. The monoisotopic (exact) mass is 540 g/mol. The standard InChI is InChI=1S/C29H20N2O7S/c32-28-25(17-19-8-7-13-22(16-19)38-21-11-5-2-6-12-21)30-27(20-9-3-1-4-10-20)31(28)26-18-23(39(35,36)37)14-15-24(26)29(33)34/h1-18H,(H,33,34)(H,35,36,37)/b25-17-. The first-order valence-electron chi connectivity index (χ1n) is 11.6. The molecule has 0 aliphatic carbocycles. The van der Waals surface area contributed by atoms with E-state index in [0.717, 1.165) is 23.1 Å². The first-order chi connectivity index (χ1) is 18.7. The molecule has 0 aromatic heterocycles. The molecule has 10 heteroatoms. The maximum absolute atomic E-state index is 13.7. The van der Waals surface area contributed by atoms with Crippen molar-refractivity contribution in [1.82, 2.24) is 0 Å². The van der Waals surface area contributed by atoms with E-state index in [1.54, 1.807) is 66.7 Å². The van der Waals surface area contributed by atoms with Crippen molar-refractivity contribution < 1.29 is 32.4 Å². The van der Waals surface area contributed by atoms with Crippen molar-refractivity contribution in [3.63, 3.8) is 0 Å². The van der Waals surface area contributed by atoms with Gasteiger partial charge in [-0.1, -0.05) is 60.7 Å². The van der Waals surface area contributed by atoms with Crippen molar-refractivity contribution >= 4 is 39.6 Å². The first kappa shape index (κ1) is 25.6. The van der Waals surface area contributed by atoms with Gasteiger partial charge in [-0.25, -0.2) is 9.79 Å². The second kappa shape index (κ2) is 10.4. The molecule has 5 rings (SSSR count). The lowest BCUT2D eigenvalue weighted by Gasteiger charge is -2.21. The molecule has 0 radical (unpaired) electrons. The number of carboxylic acids is 1. The lowest BCUT2D eigenvalue weighted by atomic mass is 10.1. The summed E-state index contributed by atoms with van der Waals surface area (Å²) < 4.78 is 39.1. The minimum atomic E-state index is -4.69. The maximum atomic E-state index is 13.7. The van der Waals surface area contributed by atoms with Gasteiger partial charge < -0.3 is 9.84 Å². The van der Waals surface area contributed by atoms with Crippen LogP contribution < -0.4 is 9.64 Å². The second-order valence-electron chi connectivity index (χ2n) is 8.42. The van der Waals surface area contributed by atoms with E-state index in [9.17, 15) is 27.7 Å². The molecular formula is C29H20N2O7S. The summed E-state index contributed by atoms with van der Waals surface area (Å²) in [5.41, 5.74) is 0.465. The number of carbonyl (C=O) groups excluding carboxylic acids is 1. The maximum Gasteiger partial charge on any atom is 0.337 e. The van der Waals surface area contributed by atoms with Crippen molar-refractivity contribution in [2.75, 3.05) is 4.90 Å². The fraction of sp³-hybridized carbons (Fsp3) is 0. The topological polar surface area (TPSA) is 134 Å². The number of carboxylic acid groups (broad SMARTS) is 1. The van der Waals surface area contributed by atoms with E-state index in [-0.39, 0.29) is 22.8 Å². The van der Waals surface area contributed by atoms with Gasteiger partial charge in [0.1, 0.15) is 23.0 Å². The van der Waals surface area contributed by atoms with E-state index in [4.69, 9.17) is 4.74 Å². The summed E-state index contributed by atoms with van der Waals surface area (Å²) in [6, 6.07) is 27.6. The average molecular weight is 541 g/mol. The van der Waals surface area contributed by atoms with Gasteiger partial charge in [-0.15, -0.1) is 0 Å². The number of amides is 1. The number of benzene rings is 4. The van der Waals surface area contributed by atoms with E-state index < -0.39 is 26.9 Å². The van der Waals surface area contributed by atoms with Crippen LogP contribution in [0.15, 0.2) is 119 Å². The number of rotatable bonds is 7. The third kappa shape index (κ3) is 5.47. The predicted molar refractivity (Wildman–Crippen MR) is 145 cm³/mol. The molecule has 2 N–H and O–H groups in total. The van der Waals surface area contributed by atoms with E-state index >= 15 is 0 Å². The molecule has 0 bridgehead atoms. The zero-order valence-electron chi connectivity index (χ0n) is 20.1. The summed E-state index contributed by atoms with van der Waals surface area (Å²) in [5.74, 6) is -0.819. The number of para-hydroxylation sites is 1. The van der Waals surface area contributed by atoms with Gasteiger partial charge in [0.15, 0.2) is 0 Å². The number of carbonyl (C=O) groups is 2. The van der Waals surface area contributed by atoms with E-state index in [2.05, 4.69) is 4.99 Å². The van der Waals surface area contributed by atoms with E-state index in [0.29, 0.717) is 22.6 Å². The van der Waals surface area contributed by atoms with Crippen molar-refractivity contribution in [3.8, 4) is 11.5 Å². The van der Waals surface area contributed by atoms with Crippen LogP contribution in [0.3, 0.4) is 0 Å². The molecule has 4 aromatic rings. The van der Waals surface area contributed by atoms with Crippen LogP contribution in [0.1, 0.15) is 21.5 Å². The Bertz CT molecular complexity index is 1750. The summed E-state index contributed by atoms with van der Waals surface area (Å²) in [6.45, 7) is 0. The molecule has 1 aliphatic rings. The number of ether oxygens (including phenoxy) is 1. The van der Waals surface area contributed by atoms with Crippen molar-refractivity contribution in [3.05, 3.63) is 126 Å². The van der Waals surface area contributed by atoms with Gasteiger partial charge in [0, 0.05) is 5.56 Å². The Morgan fingerprint density at radius 2 is 1.51 bits per heavy atom. The lowest BCUT2D eigenvalue weighted by Crippen LogP contribution is -2.34. The molecular weight excluding hydrogens is 520 g/mol. The fourth-order valence-corrected chi connectivity index (χ4v) is 4.51. The normalized spacial score (nSPS) is 14.4. The number of aromatic carboxylic acids is 1. The molecule has 9 nitrogen and oxygen atoms in total. The molecule has 0 saturated carbocycles. The minimum absolute atomic E-state index is 0.0145. The first-order valence-corrected chi connectivity index (χ1v) is 13.0.